The lowest BCUT2D eigenvalue weighted by Gasteiger charge is -2.21. The number of sulfonamides is 1. The molecule has 1 fully saturated rings. The molecule has 2 rings (SSSR count). The van der Waals surface area contributed by atoms with Crippen LogP contribution in [0.3, 0.4) is 0 Å². The fourth-order valence-electron chi connectivity index (χ4n) is 2.83. The highest BCUT2D eigenvalue weighted by molar-refractivity contribution is 7.88. The minimum absolute atomic E-state index is 0.154. The zero-order chi connectivity index (χ0) is 17.2. The summed E-state index contributed by atoms with van der Waals surface area (Å²) in [6, 6.07) is 1.37. The first-order valence-corrected chi connectivity index (χ1v) is 9.23. The molecule has 2 heterocycles. The Balaban J connectivity index is 2.23. The molecule has 1 aromatic rings. The number of nitrogens with zero attached hydrogens (tertiary/aromatic N) is 3. The topological polar surface area (TPSA) is 101 Å². The number of esters is 1. The van der Waals surface area contributed by atoms with E-state index in [4.69, 9.17) is 0 Å². The predicted octanol–water partition coefficient (Wildman–Crippen LogP) is 0.273. The number of anilines is 1. The van der Waals surface area contributed by atoms with Gasteiger partial charge in [0, 0.05) is 25.2 Å². The van der Waals surface area contributed by atoms with Gasteiger partial charge in [-0.2, -0.15) is 0 Å². The molecule has 0 saturated carbocycles. The molecule has 23 heavy (non-hydrogen) atoms. The summed E-state index contributed by atoms with van der Waals surface area (Å²) >= 11 is 0. The quantitative estimate of drug-likeness (QED) is 0.767. The smallest absolute Gasteiger partial charge is 0.356 e. The molecule has 1 aliphatic heterocycles. The van der Waals surface area contributed by atoms with Crippen molar-refractivity contribution < 1.29 is 17.9 Å². The van der Waals surface area contributed by atoms with Gasteiger partial charge in [-0.3, -0.25) is 0 Å². The van der Waals surface area contributed by atoms with Crippen LogP contribution >= 0.6 is 0 Å². The lowest BCUT2D eigenvalue weighted by molar-refractivity contribution is 0.0594. The molecule has 128 valence electrons. The summed E-state index contributed by atoms with van der Waals surface area (Å²) in [6.45, 7) is 5.27. The second-order valence-electron chi connectivity index (χ2n) is 6.06. The Kier molecular flexibility index (Phi) is 5.20. The maximum atomic E-state index is 11.6. The van der Waals surface area contributed by atoms with Crippen LogP contribution in [0.2, 0.25) is 0 Å². The Hall–Kier alpha value is -1.74. The molecule has 0 unspecified atom stereocenters. The first kappa shape index (κ1) is 17.6. The van der Waals surface area contributed by atoms with Gasteiger partial charge in [0.2, 0.25) is 10.0 Å². The van der Waals surface area contributed by atoms with Crippen molar-refractivity contribution in [1.29, 1.82) is 0 Å². The molecule has 0 aliphatic carbocycles. The number of nitrogens with one attached hydrogen (secondary N) is 1. The fourth-order valence-corrected chi connectivity index (χ4v) is 3.63. The molecule has 0 spiro atoms. The van der Waals surface area contributed by atoms with Crippen molar-refractivity contribution in [2.75, 3.05) is 31.4 Å². The molecular weight excluding hydrogens is 320 g/mol. The zero-order valence-electron chi connectivity index (χ0n) is 13.7. The third-order valence-corrected chi connectivity index (χ3v) is 4.69. The summed E-state index contributed by atoms with van der Waals surface area (Å²) < 4.78 is 30.5. The van der Waals surface area contributed by atoms with Gasteiger partial charge in [0.15, 0.2) is 5.69 Å². The third kappa shape index (κ3) is 4.38. The van der Waals surface area contributed by atoms with Gasteiger partial charge in [0.25, 0.3) is 0 Å². The molecule has 0 radical (unpaired) electrons. The maximum Gasteiger partial charge on any atom is 0.356 e. The van der Waals surface area contributed by atoms with E-state index in [2.05, 4.69) is 33.3 Å². The van der Waals surface area contributed by atoms with Crippen molar-refractivity contribution in [2.45, 2.75) is 19.9 Å². The van der Waals surface area contributed by atoms with Crippen LogP contribution in [-0.2, 0) is 14.8 Å². The molecule has 0 amide bonds. The number of carbonyl (C=O) groups excluding carboxylic acids is 1. The SMILES string of the molecule is COC(=O)c1cc(N2C[C@@H](NS(C)(=O)=O)[C@H](C(C)C)C2)ncn1. The number of methoxy groups -OCH3 is 1. The Morgan fingerprint density at radius 1 is 1.39 bits per heavy atom. The number of hydrogen-bond donors (Lipinski definition) is 1. The van der Waals surface area contributed by atoms with E-state index in [0.717, 1.165) is 6.26 Å². The molecule has 0 aromatic carbocycles. The van der Waals surface area contributed by atoms with Crippen molar-refractivity contribution in [3.63, 3.8) is 0 Å². The second-order valence-corrected chi connectivity index (χ2v) is 7.84. The van der Waals surface area contributed by atoms with E-state index in [1.54, 1.807) is 6.07 Å². The van der Waals surface area contributed by atoms with Crippen molar-refractivity contribution in [2.24, 2.45) is 11.8 Å². The van der Waals surface area contributed by atoms with Crippen LogP contribution in [0.4, 0.5) is 5.82 Å². The number of hydrogen-bond acceptors (Lipinski definition) is 7. The van der Waals surface area contributed by atoms with E-state index in [1.807, 2.05) is 4.90 Å². The van der Waals surface area contributed by atoms with E-state index >= 15 is 0 Å². The first-order valence-electron chi connectivity index (χ1n) is 7.34. The van der Waals surface area contributed by atoms with Crippen LogP contribution in [0.5, 0.6) is 0 Å². The van der Waals surface area contributed by atoms with Gasteiger partial charge in [0.1, 0.15) is 12.1 Å². The summed E-state index contributed by atoms with van der Waals surface area (Å²) in [5.41, 5.74) is 0.179. The normalized spacial score (nSPS) is 21.7. The van der Waals surface area contributed by atoms with E-state index in [0.29, 0.717) is 24.8 Å². The molecule has 2 atom stereocenters. The van der Waals surface area contributed by atoms with Crippen LogP contribution in [0.1, 0.15) is 24.3 Å². The van der Waals surface area contributed by atoms with Gasteiger partial charge >= 0.3 is 5.97 Å². The Bertz CT molecular complexity index is 677. The number of aromatic nitrogens is 2. The summed E-state index contributed by atoms with van der Waals surface area (Å²) in [4.78, 5) is 21.6. The highest BCUT2D eigenvalue weighted by atomic mass is 32.2. The van der Waals surface area contributed by atoms with Crippen LogP contribution in [-0.4, -0.2) is 56.9 Å². The average Bonchev–Trinajstić information content (AvgIpc) is 2.88. The van der Waals surface area contributed by atoms with E-state index in [9.17, 15) is 13.2 Å². The summed E-state index contributed by atoms with van der Waals surface area (Å²) in [6.07, 6.45) is 2.47. The minimum Gasteiger partial charge on any atom is -0.464 e. The molecule has 1 saturated heterocycles. The third-order valence-electron chi connectivity index (χ3n) is 3.96. The lowest BCUT2D eigenvalue weighted by Crippen LogP contribution is -2.41. The first-order chi connectivity index (χ1) is 10.7. The van der Waals surface area contributed by atoms with Gasteiger partial charge in [-0.05, 0) is 11.8 Å². The molecule has 9 heteroatoms. The molecule has 8 nitrogen and oxygen atoms in total. The van der Waals surface area contributed by atoms with Crippen LogP contribution in [0.15, 0.2) is 12.4 Å². The minimum atomic E-state index is -3.29. The van der Waals surface area contributed by atoms with Gasteiger partial charge < -0.3 is 9.64 Å². The van der Waals surface area contributed by atoms with E-state index in [1.165, 1.54) is 13.4 Å². The highest BCUT2D eigenvalue weighted by Gasteiger charge is 2.37. The summed E-state index contributed by atoms with van der Waals surface area (Å²) in [7, 11) is -2.00. The van der Waals surface area contributed by atoms with Crippen LogP contribution < -0.4 is 9.62 Å². The lowest BCUT2D eigenvalue weighted by atomic mass is 9.92. The molecule has 1 aromatic heterocycles. The van der Waals surface area contributed by atoms with Crippen LogP contribution in [0.25, 0.3) is 0 Å². The van der Waals surface area contributed by atoms with Gasteiger partial charge in [-0.1, -0.05) is 13.8 Å². The summed E-state index contributed by atoms with van der Waals surface area (Å²) in [5.74, 6) is 0.519. The number of rotatable bonds is 5. The largest absolute Gasteiger partial charge is 0.464 e. The number of ether oxygens (including phenoxy) is 1. The molecule has 0 bridgehead atoms. The summed E-state index contributed by atoms with van der Waals surface area (Å²) in [5, 5.41) is 0. The fraction of sp³-hybridized carbons (Fsp3) is 0.643. The van der Waals surface area contributed by atoms with Crippen molar-refractivity contribution in [1.82, 2.24) is 14.7 Å². The van der Waals surface area contributed by atoms with Gasteiger partial charge in [-0.25, -0.2) is 27.9 Å². The van der Waals surface area contributed by atoms with Crippen molar-refractivity contribution in [3.8, 4) is 0 Å². The molecule has 1 aliphatic rings. The van der Waals surface area contributed by atoms with Crippen molar-refractivity contribution in [3.05, 3.63) is 18.1 Å². The molecular formula is C14H22N4O4S. The standard InChI is InChI=1S/C14H22N4O4S/c1-9(2)10-6-18(7-12(10)17-23(4,20)21)13-5-11(14(19)22-3)15-8-16-13/h5,8-10,12,17H,6-7H2,1-4H3/t10-,12+/m0/s1. The van der Waals surface area contributed by atoms with Gasteiger partial charge in [0.05, 0.1) is 13.4 Å². The average molecular weight is 342 g/mol. The zero-order valence-corrected chi connectivity index (χ0v) is 14.5. The monoisotopic (exact) mass is 342 g/mol. The highest BCUT2D eigenvalue weighted by Crippen LogP contribution is 2.28. The van der Waals surface area contributed by atoms with Crippen molar-refractivity contribution >= 4 is 21.8 Å². The Labute approximate surface area is 136 Å². The van der Waals surface area contributed by atoms with E-state index in [-0.39, 0.29) is 17.7 Å². The Morgan fingerprint density at radius 3 is 2.65 bits per heavy atom. The Morgan fingerprint density at radius 2 is 2.09 bits per heavy atom. The maximum absolute atomic E-state index is 11.6. The van der Waals surface area contributed by atoms with E-state index < -0.39 is 16.0 Å². The molecule has 1 N–H and O–H groups in total. The second kappa shape index (κ2) is 6.79. The van der Waals surface area contributed by atoms with Crippen LogP contribution in [0, 0.1) is 11.8 Å². The predicted molar refractivity (Wildman–Crippen MR) is 85.7 cm³/mol. The number of carbonyl (C=O) groups is 1. The van der Waals surface area contributed by atoms with Gasteiger partial charge in [-0.15, -0.1) is 0 Å².